The lowest BCUT2D eigenvalue weighted by Crippen LogP contribution is -2.40. The molecule has 1 aromatic carbocycles. The van der Waals surface area contributed by atoms with Crippen molar-refractivity contribution >= 4 is 5.91 Å². The van der Waals surface area contributed by atoms with Crippen LogP contribution in [0.15, 0.2) is 42.7 Å². The largest absolute Gasteiger partial charge is 0.506 e. The maximum Gasteiger partial charge on any atom is 0.256 e. The average molecular weight is 328 g/mol. The van der Waals surface area contributed by atoms with E-state index in [2.05, 4.69) is 4.98 Å². The Morgan fingerprint density at radius 3 is 2.75 bits per heavy atom. The number of benzene rings is 1. The highest BCUT2D eigenvalue weighted by Crippen LogP contribution is 2.29. The topological polar surface area (TPSA) is 53.4 Å². The molecule has 5 heteroatoms. The van der Waals surface area contributed by atoms with E-state index in [1.807, 2.05) is 11.8 Å². The highest BCUT2D eigenvalue weighted by atomic mass is 19.1. The molecule has 0 radical (unpaired) electrons. The molecule has 0 unspecified atom stereocenters. The number of carbonyl (C=O) groups excluding carboxylic acids is 1. The van der Waals surface area contributed by atoms with Gasteiger partial charge in [-0.2, -0.15) is 0 Å². The number of hydrogen-bond acceptors (Lipinski definition) is 3. The average Bonchev–Trinajstić information content (AvgIpc) is 2.94. The third kappa shape index (κ3) is 3.55. The molecule has 0 spiro atoms. The van der Waals surface area contributed by atoms with Crippen LogP contribution >= 0.6 is 0 Å². The van der Waals surface area contributed by atoms with Gasteiger partial charge in [0.1, 0.15) is 11.6 Å². The molecule has 1 saturated heterocycles. The van der Waals surface area contributed by atoms with Crippen molar-refractivity contribution in [2.75, 3.05) is 0 Å². The third-order valence-electron chi connectivity index (χ3n) is 4.67. The van der Waals surface area contributed by atoms with Gasteiger partial charge in [-0.1, -0.05) is 12.1 Å². The van der Waals surface area contributed by atoms with Gasteiger partial charge in [0, 0.05) is 18.3 Å². The third-order valence-corrected chi connectivity index (χ3v) is 4.67. The van der Waals surface area contributed by atoms with E-state index >= 15 is 0 Å². The first-order valence-corrected chi connectivity index (χ1v) is 8.25. The van der Waals surface area contributed by atoms with E-state index < -0.39 is 0 Å². The molecule has 0 aliphatic carbocycles. The summed E-state index contributed by atoms with van der Waals surface area (Å²) in [6.07, 6.45) is 6.38. The summed E-state index contributed by atoms with van der Waals surface area (Å²) in [6.45, 7) is 2.05. The van der Waals surface area contributed by atoms with Gasteiger partial charge in [-0.25, -0.2) is 4.39 Å². The van der Waals surface area contributed by atoms with Crippen molar-refractivity contribution < 1.29 is 14.3 Å². The summed E-state index contributed by atoms with van der Waals surface area (Å²) in [6, 6.07) is 8.29. The number of likely N-dealkylation sites (tertiary alicyclic amines) is 1. The zero-order valence-corrected chi connectivity index (χ0v) is 13.7. The normalized spacial score (nSPS) is 20.3. The van der Waals surface area contributed by atoms with E-state index in [0.29, 0.717) is 5.56 Å². The Morgan fingerprint density at radius 1 is 1.29 bits per heavy atom. The van der Waals surface area contributed by atoms with Crippen molar-refractivity contribution in [1.29, 1.82) is 0 Å². The van der Waals surface area contributed by atoms with Gasteiger partial charge in [0.25, 0.3) is 5.91 Å². The molecule has 1 aliphatic rings. The van der Waals surface area contributed by atoms with Gasteiger partial charge in [0.2, 0.25) is 0 Å². The molecule has 3 rings (SSSR count). The number of nitrogens with zero attached hydrogens (tertiary/aromatic N) is 2. The van der Waals surface area contributed by atoms with E-state index in [1.54, 1.807) is 12.1 Å². The molecular weight excluding hydrogens is 307 g/mol. The lowest BCUT2D eigenvalue weighted by atomic mass is 10.0. The van der Waals surface area contributed by atoms with Crippen LogP contribution in [0.5, 0.6) is 5.75 Å². The zero-order chi connectivity index (χ0) is 17.1. The second-order valence-corrected chi connectivity index (χ2v) is 6.39. The van der Waals surface area contributed by atoms with Crippen molar-refractivity contribution in [2.45, 2.75) is 44.7 Å². The second-order valence-electron chi connectivity index (χ2n) is 6.39. The number of carbonyl (C=O) groups is 1. The second kappa shape index (κ2) is 6.99. The van der Waals surface area contributed by atoms with Crippen LogP contribution in [0.3, 0.4) is 0 Å². The van der Waals surface area contributed by atoms with E-state index in [4.69, 9.17) is 0 Å². The Morgan fingerprint density at radius 2 is 2.04 bits per heavy atom. The molecule has 0 bridgehead atoms. The van der Waals surface area contributed by atoms with Crippen molar-refractivity contribution in [2.24, 2.45) is 0 Å². The molecular formula is C19H21FN2O2. The molecule has 1 aromatic heterocycles. The molecule has 1 amide bonds. The molecule has 2 atom stereocenters. The van der Waals surface area contributed by atoms with E-state index in [1.165, 1.54) is 30.6 Å². The molecule has 1 N–H and O–H groups in total. The number of amides is 1. The van der Waals surface area contributed by atoms with Gasteiger partial charge in [-0.05, 0) is 56.4 Å². The fraction of sp³-hybridized carbons (Fsp3) is 0.368. The number of hydrogen-bond donors (Lipinski definition) is 1. The molecule has 1 fully saturated rings. The van der Waals surface area contributed by atoms with E-state index in [0.717, 1.165) is 31.2 Å². The summed E-state index contributed by atoms with van der Waals surface area (Å²) < 4.78 is 13.0. The number of aromatic nitrogens is 1. The van der Waals surface area contributed by atoms with Crippen LogP contribution in [0.1, 0.15) is 42.1 Å². The summed E-state index contributed by atoms with van der Waals surface area (Å²) in [5, 5.41) is 9.55. The number of aromatic hydroxyl groups is 1. The summed E-state index contributed by atoms with van der Waals surface area (Å²) in [4.78, 5) is 18.6. The zero-order valence-electron chi connectivity index (χ0n) is 13.7. The maximum absolute atomic E-state index is 13.0. The number of rotatable bonds is 4. The minimum Gasteiger partial charge on any atom is -0.506 e. The highest BCUT2D eigenvalue weighted by molar-refractivity contribution is 5.94. The summed E-state index contributed by atoms with van der Waals surface area (Å²) >= 11 is 0. The summed E-state index contributed by atoms with van der Waals surface area (Å²) in [5.41, 5.74) is 1.48. The Balaban J connectivity index is 1.70. The fourth-order valence-electron chi connectivity index (χ4n) is 3.40. The Hall–Kier alpha value is -2.43. The van der Waals surface area contributed by atoms with Crippen LogP contribution < -0.4 is 0 Å². The first-order valence-electron chi connectivity index (χ1n) is 8.25. The van der Waals surface area contributed by atoms with Crippen LogP contribution in [0.2, 0.25) is 0 Å². The first kappa shape index (κ1) is 16.4. The number of halogens is 1. The molecule has 24 heavy (non-hydrogen) atoms. The molecule has 0 saturated carbocycles. The van der Waals surface area contributed by atoms with Gasteiger partial charge in [-0.15, -0.1) is 0 Å². The van der Waals surface area contributed by atoms with Gasteiger partial charge in [-0.3, -0.25) is 9.78 Å². The predicted molar refractivity (Wildman–Crippen MR) is 89.3 cm³/mol. The lowest BCUT2D eigenvalue weighted by Gasteiger charge is -2.29. The molecule has 2 aromatic rings. The van der Waals surface area contributed by atoms with Crippen LogP contribution in [-0.4, -0.2) is 33.0 Å². The van der Waals surface area contributed by atoms with Gasteiger partial charge in [0.05, 0.1) is 11.8 Å². The maximum atomic E-state index is 13.0. The summed E-state index contributed by atoms with van der Waals surface area (Å²) in [7, 11) is 0. The van der Waals surface area contributed by atoms with E-state index in [9.17, 15) is 14.3 Å². The summed E-state index contributed by atoms with van der Waals surface area (Å²) in [5.74, 6) is -0.329. The minimum absolute atomic E-state index is 0.00411. The smallest absolute Gasteiger partial charge is 0.256 e. The molecule has 126 valence electrons. The quantitative estimate of drug-likeness (QED) is 0.934. The van der Waals surface area contributed by atoms with Gasteiger partial charge < -0.3 is 10.0 Å². The van der Waals surface area contributed by atoms with Gasteiger partial charge in [0.15, 0.2) is 0 Å². The Bertz CT molecular complexity index is 718. The van der Waals surface area contributed by atoms with Crippen molar-refractivity contribution in [1.82, 2.24) is 9.88 Å². The Labute approximate surface area is 141 Å². The van der Waals surface area contributed by atoms with Crippen molar-refractivity contribution in [3.63, 3.8) is 0 Å². The predicted octanol–water partition coefficient (Wildman–Crippen LogP) is 3.55. The molecule has 2 heterocycles. The van der Waals surface area contributed by atoms with Gasteiger partial charge >= 0.3 is 0 Å². The molecule has 4 nitrogen and oxygen atoms in total. The number of pyridine rings is 1. The number of aryl methyl sites for hydroxylation is 1. The minimum atomic E-state index is -0.235. The highest BCUT2D eigenvalue weighted by Gasteiger charge is 2.34. The van der Waals surface area contributed by atoms with Crippen LogP contribution in [0, 0.1) is 5.82 Å². The SMILES string of the molecule is C[C@@H]1CC[C@H](CCc2ccc(F)cc2)N1C(=O)c1cncc(O)c1. The van der Waals surface area contributed by atoms with Crippen molar-refractivity contribution in [3.05, 3.63) is 59.7 Å². The standard InChI is InChI=1S/C19H21FN2O2/c1-13-2-8-17(9-5-14-3-6-16(20)7-4-14)22(13)19(24)15-10-18(23)12-21-11-15/h3-4,6-7,10-13,17,23H,2,5,8-9H2,1H3/t13-,17-/m1/s1. The van der Waals surface area contributed by atoms with Crippen LogP contribution in [0.4, 0.5) is 4.39 Å². The van der Waals surface area contributed by atoms with Crippen molar-refractivity contribution in [3.8, 4) is 5.75 Å². The van der Waals surface area contributed by atoms with Crippen LogP contribution in [-0.2, 0) is 6.42 Å². The fourth-order valence-corrected chi connectivity index (χ4v) is 3.40. The van der Waals surface area contributed by atoms with Crippen LogP contribution in [0.25, 0.3) is 0 Å². The first-order chi connectivity index (χ1) is 11.5. The lowest BCUT2D eigenvalue weighted by molar-refractivity contribution is 0.0672. The van der Waals surface area contributed by atoms with E-state index in [-0.39, 0.29) is 29.6 Å². The Kier molecular flexibility index (Phi) is 4.79. The monoisotopic (exact) mass is 328 g/mol. The molecule has 1 aliphatic heterocycles.